The van der Waals surface area contributed by atoms with Crippen molar-refractivity contribution in [3.05, 3.63) is 12.2 Å². The lowest BCUT2D eigenvalue weighted by molar-refractivity contribution is -0.147. The van der Waals surface area contributed by atoms with Crippen LogP contribution in [0.2, 0.25) is 0 Å². The SMILES string of the molecule is C=C1CC[C@@H]2[C@H](OC(=O)[C@H]2C)[C@@H]2[C@H]1C[C@@H]1O[C@]21C. The number of carbonyl (C=O) groups excluding carboxylic acids is 1. The second-order valence-corrected chi connectivity index (χ2v) is 6.71. The summed E-state index contributed by atoms with van der Waals surface area (Å²) < 4.78 is 11.6. The zero-order valence-electron chi connectivity index (χ0n) is 11.0. The largest absolute Gasteiger partial charge is 0.461 e. The van der Waals surface area contributed by atoms with E-state index in [0.717, 1.165) is 19.3 Å². The van der Waals surface area contributed by atoms with Crippen LogP contribution < -0.4 is 0 Å². The number of fused-ring (bicyclic) bond motifs is 5. The molecule has 4 rings (SSSR count). The first kappa shape index (κ1) is 11.0. The van der Waals surface area contributed by atoms with Crippen LogP contribution in [0.5, 0.6) is 0 Å². The van der Waals surface area contributed by atoms with Gasteiger partial charge in [-0.3, -0.25) is 4.79 Å². The molecule has 2 aliphatic carbocycles. The summed E-state index contributed by atoms with van der Waals surface area (Å²) >= 11 is 0. The Morgan fingerprint density at radius 2 is 2.22 bits per heavy atom. The first-order valence-corrected chi connectivity index (χ1v) is 7.08. The number of rotatable bonds is 0. The van der Waals surface area contributed by atoms with Gasteiger partial charge in [-0.15, -0.1) is 0 Å². The van der Waals surface area contributed by atoms with Gasteiger partial charge in [0.15, 0.2) is 0 Å². The Balaban J connectivity index is 1.75. The second kappa shape index (κ2) is 3.19. The molecule has 4 aliphatic rings. The van der Waals surface area contributed by atoms with Gasteiger partial charge in [0.05, 0.1) is 17.6 Å². The molecule has 2 heterocycles. The Morgan fingerprint density at radius 1 is 1.44 bits per heavy atom. The maximum atomic E-state index is 11.9. The quantitative estimate of drug-likeness (QED) is 0.375. The van der Waals surface area contributed by atoms with E-state index in [0.29, 0.717) is 23.9 Å². The van der Waals surface area contributed by atoms with Gasteiger partial charge in [-0.05, 0) is 32.1 Å². The molecule has 2 saturated carbocycles. The monoisotopic (exact) mass is 248 g/mol. The fourth-order valence-corrected chi connectivity index (χ4v) is 4.68. The maximum absolute atomic E-state index is 11.9. The van der Waals surface area contributed by atoms with Gasteiger partial charge in [0, 0.05) is 11.8 Å². The van der Waals surface area contributed by atoms with Crippen LogP contribution in [0.25, 0.3) is 0 Å². The Kier molecular flexibility index (Phi) is 1.95. The van der Waals surface area contributed by atoms with Crippen molar-refractivity contribution >= 4 is 5.97 Å². The third-order valence-electron chi connectivity index (χ3n) is 5.91. The smallest absolute Gasteiger partial charge is 0.309 e. The highest BCUT2D eigenvalue weighted by molar-refractivity contribution is 5.75. The van der Waals surface area contributed by atoms with Crippen LogP contribution in [0.3, 0.4) is 0 Å². The summed E-state index contributed by atoms with van der Waals surface area (Å²) in [5.41, 5.74) is 1.31. The highest BCUT2D eigenvalue weighted by atomic mass is 16.6. The molecule has 3 nitrogen and oxygen atoms in total. The number of esters is 1. The van der Waals surface area contributed by atoms with Crippen molar-refractivity contribution in [2.45, 2.75) is 50.9 Å². The van der Waals surface area contributed by atoms with E-state index in [-0.39, 0.29) is 23.6 Å². The van der Waals surface area contributed by atoms with Crippen molar-refractivity contribution in [1.82, 2.24) is 0 Å². The molecule has 0 amide bonds. The fraction of sp³-hybridized carbons (Fsp3) is 0.800. The Morgan fingerprint density at radius 3 is 3.00 bits per heavy atom. The average molecular weight is 248 g/mol. The van der Waals surface area contributed by atoms with Crippen molar-refractivity contribution in [3.8, 4) is 0 Å². The van der Waals surface area contributed by atoms with E-state index in [4.69, 9.17) is 9.47 Å². The lowest BCUT2D eigenvalue weighted by Crippen LogP contribution is -2.37. The van der Waals surface area contributed by atoms with Crippen molar-refractivity contribution in [1.29, 1.82) is 0 Å². The standard InChI is InChI=1S/C15H20O3/c1-7-4-5-9-8(2)14(16)17-13(9)12-10(7)6-11-15(12,3)18-11/h8-13H,1,4-6H2,2-3H3/t8-,9-,10-,11-,12-,13-,15-/m0/s1. The van der Waals surface area contributed by atoms with Gasteiger partial charge >= 0.3 is 5.97 Å². The minimum Gasteiger partial charge on any atom is -0.461 e. The summed E-state index contributed by atoms with van der Waals surface area (Å²) in [4.78, 5) is 11.9. The van der Waals surface area contributed by atoms with Crippen molar-refractivity contribution in [3.63, 3.8) is 0 Å². The van der Waals surface area contributed by atoms with Crippen LogP contribution in [0, 0.1) is 23.7 Å². The van der Waals surface area contributed by atoms with Crippen LogP contribution in [0.15, 0.2) is 12.2 Å². The average Bonchev–Trinajstić information content (AvgIpc) is 2.82. The highest BCUT2D eigenvalue weighted by Gasteiger charge is 2.70. The Hall–Kier alpha value is -0.830. The van der Waals surface area contributed by atoms with Gasteiger partial charge in [0.25, 0.3) is 0 Å². The first-order chi connectivity index (χ1) is 8.52. The molecule has 7 atom stereocenters. The van der Waals surface area contributed by atoms with E-state index >= 15 is 0 Å². The molecule has 0 spiro atoms. The summed E-state index contributed by atoms with van der Waals surface area (Å²) in [5.74, 6) is 1.24. The lowest BCUT2D eigenvalue weighted by atomic mass is 9.77. The van der Waals surface area contributed by atoms with Gasteiger partial charge < -0.3 is 9.47 Å². The molecule has 3 heteroatoms. The normalized spacial score (nSPS) is 57.4. The minimum atomic E-state index is -0.0504. The fourth-order valence-electron chi connectivity index (χ4n) is 4.68. The number of hydrogen-bond acceptors (Lipinski definition) is 3. The van der Waals surface area contributed by atoms with Crippen molar-refractivity contribution < 1.29 is 14.3 Å². The number of ether oxygens (including phenoxy) is 2. The predicted molar refractivity (Wildman–Crippen MR) is 65.8 cm³/mol. The predicted octanol–water partition coefficient (Wildman–Crippen LogP) is 2.31. The molecular formula is C15H20O3. The first-order valence-electron chi connectivity index (χ1n) is 7.08. The molecule has 0 aromatic carbocycles. The summed E-state index contributed by atoms with van der Waals surface area (Å²) in [7, 11) is 0. The van der Waals surface area contributed by atoms with Crippen LogP contribution in [-0.4, -0.2) is 23.8 Å². The third-order valence-corrected chi connectivity index (χ3v) is 5.91. The van der Waals surface area contributed by atoms with E-state index in [2.05, 4.69) is 13.5 Å². The van der Waals surface area contributed by atoms with Gasteiger partial charge in [0.2, 0.25) is 0 Å². The number of carbonyl (C=O) groups is 1. The van der Waals surface area contributed by atoms with E-state index in [1.807, 2.05) is 6.92 Å². The molecule has 0 aromatic heterocycles. The minimum absolute atomic E-state index is 0.0102. The van der Waals surface area contributed by atoms with Gasteiger partial charge in [-0.1, -0.05) is 19.1 Å². The third kappa shape index (κ3) is 1.16. The van der Waals surface area contributed by atoms with E-state index in [1.165, 1.54) is 5.57 Å². The second-order valence-electron chi connectivity index (χ2n) is 6.71. The molecule has 0 radical (unpaired) electrons. The summed E-state index contributed by atoms with van der Waals surface area (Å²) in [6.45, 7) is 8.48. The van der Waals surface area contributed by atoms with E-state index in [1.54, 1.807) is 0 Å². The zero-order valence-corrected chi connectivity index (χ0v) is 11.0. The molecule has 18 heavy (non-hydrogen) atoms. The highest BCUT2D eigenvalue weighted by Crippen LogP contribution is 2.63. The molecule has 2 aliphatic heterocycles. The van der Waals surface area contributed by atoms with E-state index in [9.17, 15) is 4.79 Å². The summed E-state index contributed by atoms with van der Waals surface area (Å²) in [5, 5.41) is 0. The molecule has 0 bridgehead atoms. The molecule has 2 saturated heterocycles. The van der Waals surface area contributed by atoms with E-state index < -0.39 is 0 Å². The molecule has 4 fully saturated rings. The molecule has 0 N–H and O–H groups in total. The molecular weight excluding hydrogens is 228 g/mol. The van der Waals surface area contributed by atoms with Gasteiger partial charge in [-0.25, -0.2) is 0 Å². The Bertz CT molecular complexity index is 443. The number of hydrogen-bond donors (Lipinski definition) is 0. The molecule has 0 unspecified atom stereocenters. The van der Waals surface area contributed by atoms with Crippen LogP contribution in [-0.2, 0) is 14.3 Å². The van der Waals surface area contributed by atoms with Gasteiger partial charge in [0.1, 0.15) is 6.10 Å². The van der Waals surface area contributed by atoms with Crippen LogP contribution >= 0.6 is 0 Å². The van der Waals surface area contributed by atoms with Crippen LogP contribution in [0.4, 0.5) is 0 Å². The summed E-state index contributed by atoms with van der Waals surface area (Å²) in [6, 6.07) is 0. The lowest BCUT2D eigenvalue weighted by Gasteiger charge is -2.30. The summed E-state index contributed by atoms with van der Waals surface area (Å²) in [6.07, 6.45) is 3.61. The Labute approximate surface area is 108 Å². The maximum Gasteiger partial charge on any atom is 0.309 e. The zero-order chi connectivity index (χ0) is 12.7. The topological polar surface area (TPSA) is 38.8 Å². The number of allylic oxidation sites excluding steroid dienone is 1. The van der Waals surface area contributed by atoms with Crippen molar-refractivity contribution in [2.75, 3.05) is 0 Å². The molecule has 98 valence electrons. The van der Waals surface area contributed by atoms with Gasteiger partial charge in [-0.2, -0.15) is 0 Å². The number of epoxide rings is 1. The van der Waals surface area contributed by atoms with Crippen LogP contribution in [0.1, 0.15) is 33.1 Å². The molecule has 0 aromatic rings. The van der Waals surface area contributed by atoms with Crippen molar-refractivity contribution in [2.24, 2.45) is 23.7 Å².